The lowest BCUT2D eigenvalue weighted by Crippen LogP contribution is -2.33. The number of carbonyl (C=O) groups is 2. The van der Waals surface area contributed by atoms with Gasteiger partial charge in [-0.2, -0.15) is 0 Å². The van der Waals surface area contributed by atoms with E-state index < -0.39 is 5.97 Å². The topological polar surface area (TPSA) is 118 Å². The average molecular weight is 521 g/mol. The normalized spacial score (nSPS) is 13.7. The third kappa shape index (κ3) is 6.14. The number of nitrogens with one attached hydrogen (secondary N) is 1. The summed E-state index contributed by atoms with van der Waals surface area (Å²) in [5, 5.41) is 3.47. The molecule has 0 spiro atoms. The van der Waals surface area contributed by atoms with Gasteiger partial charge in [0, 0.05) is 17.5 Å². The van der Waals surface area contributed by atoms with Crippen LogP contribution in [0.4, 0.5) is 5.69 Å². The highest BCUT2D eigenvalue weighted by Gasteiger charge is 2.25. The maximum absolute atomic E-state index is 13.0. The van der Waals surface area contributed by atoms with E-state index in [1.54, 1.807) is 12.1 Å². The number of halogens is 1. The van der Waals surface area contributed by atoms with E-state index in [2.05, 4.69) is 5.32 Å². The highest BCUT2D eigenvalue weighted by molar-refractivity contribution is 6.33. The molecular weight excluding hydrogens is 488 g/mol. The molecule has 36 heavy (non-hydrogen) atoms. The highest BCUT2D eigenvalue weighted by atomic mass is 35.5. The largest absolute Gasteiger partial charge is 0.495 e. The van der Waals surface area contributed by atoms with E-state index >= 15 is 0 Å². The Morgan fingerprint density at radius 2 is 1.58 bits per heavy atom. The Morgan fingerprint density at radius 3 is 2.14 bits per heavy atom. The Kier molecular flexibility index (Phi) is 9.66. The van der Waals surface area contributed by atoms with Gasteiger partial charge in [0.1, 0.15) is 17.4 Å². The van der Waals surface area contributed by atoms with E-state index in [9.17, 15) is 9.59 Å². The molecule has 196 valence electrons. The van der Waals surface area contributed by atoms with Crippen LogP contribution in [0.3, 0.4) is 0 Å². The fourth-order valence-electron chi connectivity index (χ4n) is 4.27. The second kappa shape index (κ2) is 12.7. The van der Waals surface area contributed by atoms with Crippen LogP contribution in [0.25, 0.3) is 0 Å². The SMILES string of the molecule is COc1cc(C(=O)CCCc2c(N)c(Cl)cc(C(=O)OC3CCNCC3)c2OC)cc(OC)c1OC. The van der Waals surface area contributed by atoms with Gasteiger partial charge in [-0.1, -0.05) is 11.6 Å². The Morgan fingerprint density at radius 1 is 0.972 bits per heavy atom. The van der Waals surface area contributed by atoms with Gasteiger partial charge in [-0.05, 0) is 57.0 Å². The monoisotopic (exact) mass is 520 g/mol. The second-order valence-electron chi connectivity index (χ2n) is 8.38. The zero-order valence-corrected chi connectivity index (χ0v) is 21.8. The molecule has 3 N–H and O–H groups in total. The van der Waals surface area contributed by atoms with Crippen LogP contribution in [-0.4, -0.2) is 59.4 Å². The molecule has 0 aliphatic carbocycles. The zero-order chi connectivity index (χ0) is 26.2. The van der Waals surface area contributed by atoms with E-state index in [0.29, 0.717) is 52.7 Å². The Balaban J connectivity index is 1.77. The number of hydrogen-bond acceptors (Lipinski definition) is 9. The second-order valence-corrected chi connectivity index (χ2v) is 8.78. The summed E-state index contributed by atoms with van der Waals surface area (Å²) in [6.07, 6.45) is 2.35. The summed E-state index contributed by atoms with van der Waals surface area (Å²) in [7, 11) is 5.95. The van der Waals surface area contributed by atoms with Crippen LogP contribution in [-0.2, 0) is 11.2 Å². The van der Waals surface area contributed by atoms with Crippen molar-refractivity contribution in [3.05, 3.63) is 39.9 Å². The number of carbonyl (C=O) groups excluding carboxylic acids is 2. The average Bonchev–Trinajstić information content (AvgIpc) is 2.90. The molecule has 0 atom stereocenters. The van der Waals surface area contributed by atoms with Crippen LogP contribution >= 0.6 is 11.6 Å². The number of hydrogen-bond donors (Lipinski definition) is 2. The van der Waals surface area contributed by atoms with E-state index in [0.717, 1.165) is 25.9 Å². The molecular formula is C26H33ClN2O7. The molecule has 10 heteroatoms. The Bertz CT molecular complexity index is 1080. The van der Waals surface area contributed by atoms with Gasteiger partial charge in [-0.15, -0.1) is 0 Å². The Hall–Kier alpha value is -3.17. The van der Waals surface area contributed by atoms with Crippen molar-refractivity contribution in [1.82, 2.24) is 5.32 Å². The van der Waals surface area contributed by atoms with E-state index in [4.69, 9.17) is 41.0 Å². The number of ether oxygens (including phenoxy) is 5. The van der Waals surface area contributed by atoms with Crippen molar-refractivity contribution in [3.8, 4) is 23.0 Å². The lowest BCUT2D eigenvalue weighted by atomic mass is 9.98. The molecule has 1 heterocycles. The van der Waals surface area contributed by atoms with Gasteiger partial charge < -0.3 is 34.7 Å². The van der Waals surface area contributed by atoms with Gasteiger partial charge in [0.2, 0.25) is 5.75 Å². The molecule has 1 aliphatic heterocycles. The van der Waals surface area contributed by atoms with Crippen molar-refractivity contribution < 1.29 is 33.3 Å². The minimum absolute atomic E-state index is 0.112. The number of rotatable bonds is 11. The van der Waals surface area contributed by atoms with Crippen LogP contribution in [0, 0.1) is 0 Å². The minimum atomic E-state index is -0.504. The van der Waals surface area contributed by atoms with Crippen LogP contribution in [0.15, 0.2) is 18.2 Å². The molecule has 0 bridgehead atoms. The number of esters is 1. The predicted octanol–water partition coefficient (Wildman–Crippen LogP) is 4.07. The summed E-state index contributed by atoms with van der Waals surface area (Å²) in [5.41, 5.74) is 7.78. The number of nitrogen functional groups attached to an aromatic ring is 1. The first-order chi connectivity index (χ1) is 17.3. The van der Waals surface area contributed by atoms with Crippen molar-refractivity contribution in [2.75, 3.05) is 47.3 Å². The van der Waals surface area contributed by atoms with Crippen LogP contribution in [0.1, 0.15) is 52.0 Å². The van der Waals surface area contributed by atoms with E-state index in [1.165, 1.54) is 34.5 Å². The molecule has 0 saturated carbocycles. The number of benzene rings is 2. The molecule has 1 aliphatic rings. The van der Waals surface area contributed by atoms with Crippen LogP contribution < -0.4 is 30.0 Å². The Labute approximate surface area is 216 Å². The third-order valence-electron chi connectivity index (χ3n) is 6.17. The number of methoxy groups -OCH3 is 4. The van der Waals surface area contributed by atoms with Crippen molar-refractivity contribution >= 4 is 29.0 Å². The van der Waals surface area contributed by atoms with Gasteiger partial charge in [0.15, 0.2) is 17.3 Å². The number of ketones is 1. The first-order valence-corrected chi connectivity index (χ1v) is 12.1. The van der Waals surface area contributed by atoms with Gasteiger partial charge in [-0.25, -0.2) is 4.79 Å². The standard InChI is InChI=1S/C26H33ClN2O7/c1-32-21-12-15(13-22(33-2)25(21)35-4)20(30)7-5-6-17-23(28)19(27)14-18(24(17)34-3)26(31)36-16-8-10-29-11-9-16/h12-14,16,29H,5-11,28H2,1-4H3. The molecule has 3 rings (SSSR count). The minimum Gasteiger partial charge on any atom is -0.495 e. The van der Waals surface area contributed by atoms with E-state index in [1.807, 2.05) is 0 Å². The molecule has 9 nitrogen and oxygen atoms in total. The fraction of sp³-hybridized carbons (Fsp3) is 0.462. The molecule has 0 unspecified atom stereocenters. The molecule has 0 amide bonds. The summed E-state index contributed by atoms with van der Waals surface area (Å²) >= 11 is 6.36. The number of anilines is 1. The smallest absolute Gasteiger partial charge is 0.342 e. The lowest BCUT2D eigenvalue weighted by Gasteiger charge is -2.24. The van der Waals surface area contributed by atoms with Crippen molar-refractivity contribution in [2.24, 2.45) is 0 Å². The fourth-order valence-corrected chi connectivity index (χ4v) is 4.50. The van der Waals surface area contributed by atoms with Gasteiger partial charge >= 0.3 is 5.97 Å². The maximum Gasteiger partial charge on any atom is 0.342 e. The van der Waals surface area contributed by atoms with Crippen LogP contribution in [0.5, 0.6) is 23.0 Å². The van der Waals surface area contributed by atoms with Gasteiger partial charge in [-0.3, -0.25) is 4.79 Å². The highest BCUT2D eigenvalue weighted by Crippen LogP contribution is 2.39. The molecule has 0 radical (unpaired) electrons. The summed E-state index contributed by atoms with van der Waals surface area (Å²) < 4.78 is 27.3. The summed E-state index contributed by atoms with van der Waals surface area (Å²) in [5.74, 6) is 0.915. The molecule has 1 fully saturated rings. The number of piperidine rings is 1. The maximum atomic E-state index is 13.0. The van der Waals surface area contributed by atoms with Gasteiger partial charge in [0.25, 0.3) is 0 Å². The third-order valence-corrected chi connectivity index (χ3v) is 6.49. The first kappa shape index (κ1) is 27.4. The van der Waals surface area contributed by atoms with Crippen LogP contribution in [0.2, 0.25) is 5.02 Å². The summed E-state index contributed by atoms with van der Waals surface area (Å²) in [6.45, 7) is 1.59. The predicted molar refractivity (Wildman–Crippen MR) is 137 cm³/mol. The quantitative estimate of drug-likeness (QED) is 0.257. The summed E-state index contributed by atoms with van der Waals surface area (Å²) in [6, 6.07) is 4.71. The van der Waals surface area contributed by atoms with Crippen molar-refractivity contribution in [1.29, 1.82) is 0 Å². The van der Waals surface area contributed by atoms with Crippen molar-refractivity contribution in [3.63, 3.8) is 0 Å². The molecule has 1 saturated heterocycles. The van der Waals surface area contributed by atoms with Crippen molar-refractivity contribution in [2.45, 2.75) is 38.2 Å². The van der Waals surface area contributed by atoms with Gasteiger partial charge in [0.05, 0.1) is 39.1 Å². The molecule has 2 aromatic carbocycles. The first-order valence-electron chi connectivity index (χ1n) is 11.7. The van der Waals surface area contributed by atoms with E-state index in [-0.39, 0.29) is 28.9 Å². The molecule has 2 aromatic rings. The summed E-state index contributed by atoms with van der Waals surface area (Å²) in [4.78, 5) is 25.9. The zero-order valence-electron chi connectivity index (χ0n) is 21.1. The number of Topliss-reactive ketones (excluding diaryl/α,β-unsaturated/α-hetero) is 1. The lowest BCUT2D eigenvalue weighted by molar-refractivity contribution is 0.0226. The molecule has 0 aromatic heterocycles. The number of nitrogens with two attached hydrogens (primary N) is 1.